The molecule has 1 aliphatic carbocycles. The molecular formula is C20H26N2O4. The van der Waals surface area contributed by atoms with Crippen LogP contribution in [0.15, 0.2) is 35.5 Å². The highest BCUT2D eigenvalue weighted by Gasteiger charge is 2.33. The standard InChI is InChI=1S/C20H26N2O4/c1-3-6-16-17(19(23)25-2)18(22-20(24)21-16)13-9-11-15(12-10-13)26-14-7-4-5-8-14/h9-12,14,18H,3-8H2,1-2H3,(H2,21,22,24). The molecule has 1 unspecified atom stereocenters. The molecule has 0 aromatic heterocycles. The summed E-state index contributed by atoms with van der Waals surface area (Å²) in [7, 11) is 1.35. The summed E-state index contributed by atoms with van der Waals surface area (Å²) in [6.07, 6.45) is 6.35. The fourth-order valence-electron chi connectivity index (χ4n) is 3.60. The molecule has 2 amide bonds. The number of carbonyl (C=O) groups excluding carboxylic acids is 2. The Morgan fingerprint density at radius 3 is 2.50 bits per heavy atom. The van der Waals surface area contributed by atoms with Gasteiger partial charge in [0.1, 0.15) is 5.75 Å². The highest BCUT2D eigenvalue weighted by Crippen LogP contribution is 2.31. The average Bonchev–Trinajstić information content (AvgIpc) is 3.14. The maximum atomic E-state index is 12.3. The first-order chi connectivity index (χ1) is 12.6. The van der Waals surface area contributed by atoms with Gasteiger partial charge in [-0.05, 0) is 49.8 Å². The predicted molar refractivity (Wildman–Crippen MR) is 97.7 cm³/mol. The van der Waals surface area contributed by atoms with Crippen LogP contribution in [-0.4, -0.2) is 25.2 Å². The van der Waals surface area contributed by atoms with Gasteiger partial charge in [-0.25, -0.2) is 9.59 Å². The topological polar surface area (TPSA) is 76.7 Å². The van der Waals surface area contributed by atoms with Crippen molar-refractivity contribution in [2.45, 2.75) is 57.6 Å². The Balaban J connectivity index is 1.85. The molecule has 1 atom stereocenters. The first-order valence-corrected chi connectivity index (χ1v) is 9.27. The summed E-state index contributed by atoms with van der Waals surface area (Å²) < 4.78 is 10.9. The van der Waals surface area contributed by atoms with Crippen LogP contribution in [0.3, 0.4) is 0 Å². The van der Waals surface area contributed by atoms with Gasteiger partial charge in [0.15, 0.2) is 0 Å². The number of carbonyl (C=O) groups is 2. The lowest BCUT2D eigenvalue weighted by molar-refractivity contribution is -0.136. The molecule has 1 aromatic carbocycles. The molecule has 0 bridgehead atoms. The summed E-state index contributed by atoms with van der Waals surface area (Å²) in [6.45, 7) is 2.00. The van der Waals surface area contributed by atoms with Gasteiger partial charge >= 0.3 is 12.0 Å². The van der Waals surface area contributed by atoms with E-state index in [4.69, 9.17) is 9.47 Å². The normalized spacial score (nSPS) is 20.5. The van der Waals surface area contributed by atoms with Gasteiger partial charge in [0.05, 0.1) is 24.8 Å². The Kier molecular flexibility index (Phi) is 5.81. The van der Waals surface area contributed by atoms with Gasteiger partial charge in [0.2, 0.25) is 0 Å². The minimum atomic E-state index is -0.529. The number of hydrogen-bond acceptors (Lipinski definition) is 4. The van der Waals surface area contributed by atoms with Crippen molar-refractivity contribution in [1.29, 1.82) is 0 Å². The molecule has 1 saturated carbocycles. The molecule has 26 heavy (non-hydrogen) atoms. The summed E-state index contributed by atoms with van der Waals surface area (Å²) in [5, 5.41) is 5.58. The second kappa shape index (κ2) is 8.25. The Hall–Kier alpha value is -2.50. The van der Waals surface area contributed by atoms with E-state index in [0.717, 1.165) is 30.6 Å². The molecule has 3 rings (SSSR count). The Morgan fingerprint density at radius 2 is 1.88 bits per heavy atom. The number of allylic oxidation sites excluding steroid dienone is 1. The van der Waals surface area contributed by atoms with Crippen molar-refractivity contribution in [2.75, 3.05) is 7.11 Å². The van der Waals surface area contributed by atoms with E-state index in [1.165, 1.54) is 20.0 Å². The number of benzene rings is 1. The third-order valence-corrected chi connectivity index (χ3v) is 4.88. The maximum Gasteiger partial charge on any atom is 0.337 e. The molecule has 1 fully saturated rings. The number of rotatable bonds is 6. The van der Waals surface area contributed by atoms with E-state index >= 15 is 0 Å². The van der Waals surface area contributed by atoms with Crippen molar-refractivity contribution >= 4 is 12.0 Å². The number of ether oxygens (including phenoxy) is 2. The maximum absolute atomic E-state index is 12.3. The largest absolute Gasteiger partial charge is 0.490 e. The molecule has 2 N–H and O–H groups in total. The van der Waals surface area contributed by atoms with Crippen LogP contribution in [0, 0.1) is 0 Å². The monoisotopic (exact) mass is 358 g/mol. The number of esters is 1. The molecule has 6 nitrogen and oxygen atoms in total. The zero-order valence-electron chi connectivity index (χ0n) is 15.3. The molecule has 1 aliphatic heterocycles. The average molecular weight is 358 g/mol. The van der Waals surface area contributed by atoms with Crippen molar-refractivity contribution in [2.24, 2.45) is 0 Å². The Labute approximate surface area is 153 Å². The van der Waals surface area contributed by atoms with E-state index in [0.29, 0.717) is 23.8 Å². The molecule has 0 spiro atoms. The van der Waals surface area contributed by atoms with Gasteiger partial charge in [-0.1, -0.05) is 25.5 Å². The van der Waals surface area contributed by atoms with Crippen molar-refractivity contribution in [3.05, 3.63) is 41.1 Å². The van der Waals surface area contributed by atoms with Crippen LogP contribution in [-0.2, 0) is 9.53 Å². The van der Waals surface area contributed by atoms with E-state index in [-0.39, 0.29) is 6.03 Å². The van der Waals surface area contributed by atoms with Crippen molar-refractivity contribution in [3.63, 3.8) is 0 Å². The molecule has 6 heteroatoms. The van der Waals surface area contributed by atoms with Crippen LogP contribution in [0.2, 0.25) is 0 Å². The Bertz CT molecular complexity index is 690. The van der Waals surface area contributed by atoms with Crippen molar-refractivity contribution in [3.8, 4) is 5.75 Å². The van der Waals surface area contributed by atoms with Crippen molar-refractivity contribution in [1.82, 2.24) is 10.6 Å². The number of nitrogens with one attached hydrogen (secondary N) is 2. The van der Waals surface area contributed by atoms with E-state index in [2.05, 4.69) is 10.6 Å². The van der Waals surface area contributed by atoms with E-state index in [1.807, 2.05) is 31.2 Å². The van der Waals surface area contributed by atoms with Crippen LogP contribution < -0.4 is 15.4 Å². The van der Waals surface area contributed by atoms with Gasteiger partial charge in [-0.15, -0.1) is 0 Å². The van der Waals surface area contributed by atoms with Crippen LogP contribution in [0.1, 0.15) is 57.1 Å². The number of urea groups is 1. The minimum Gasteiger partial charge on any atom is -0.490 e. The highest BCUT2D eigenvalue weighted by atomic mass is 16.5. The fourth-order valence-corrected chi connectivity index (χ4v) is 3.60. The first kappa shape index (κ1) is 18.3. The second-order valence-electron chi connectivity index (χ2n) is 6.76. The smallest absolute Gasteiger partial charge is 0.337 e. The van der Waals surface area contributed by atoms with Crippen LogP contribution in [0.5, 0.6) is 5.75 Å². The molecule has 1 heterocycles. The van der Waals surface area contributed by atoms with E-state index < -0.39 is 12.0 Å². The van der Waals surface area contributed by atoms with E-state index in [9.17, 15) is 9.59 Å². The summed E-state index contributed by atoms with van der Waals surface area (Å²) >= 11 is 0. The summed E-state index contributed by atoms with van der Waals surface area (Å²) in [6, 6.07) is 6.75. The molecule has 2 aliphatic rings. The second-order valence-corrected chi connectivity index (χ2v) is 6.76. The first-order valence-electron chi connectivity index (χ1n) is 9.27. The lowest BCUT2D eigenvalue weighted by atomic mass is 9.94. The number of amides is 2. The van der Waals surface area contributed by atoms with Crippen LogP contribution in [0.25, 0.3) is 0 Å². The van der Waals surface area contributed by atoms with Crippen LogP contribution in [0.4, 0.5) is 4.79 Å². The molecule has 0 radical (unpaired) electrons. The summed E-state index contributed by atoms with van der Waals surface area (Å²) in [4.78, 5) is 24.4. The fraction of sp³-hybridized carbons (Fsp3) is 0.500. The van der Waals surface area contributed by atoms with Crippen molar-refractivity contribution < 1.29 is 19.1 Å². The van der Waals surface area contributed by atoms with Crippen LogP contribution >= 0.6 is 0 Å². The lowest BCUT2D eigenvalue weighted by Crippen LogP contribution is -2.45. The summed E-state index contributed by atoms with van der Waals surface area (Å²) in [5.74, 6) is 0.385. The van der Waals surface area contributed by atoms with Gasteiger partial charge < -0.3 is 20.1 Å². The van der Waals surface area contributed by atoms with Gasteiger partial charge in [0, 0.05) is 5.70 Å². The molecular weight excluding hydrogens is 332 g/mol. The minimum absolute atomic E-state index is 0.293. The third-order valence-electron chi connectivity index (χ3n) is 4.88. The molecule has 1 aromatic rings. The van der Waals surface area contributed by atoms with Gasteiger partial charge in [0.25, 0.3) is 0 Å². The SMILES string of the molecule is CCCC1=C(C(=O)OC)C(c2ccc(OC3CCCC3)cc2)NC(=O)N1. The lowest BCUT2D eigenvalue weighted by Gasteiger charge is -2.29. The zero-order chi connectivity index (χ0) is 18.5. The zero-order valence-corrected chi connectivity index (χ0v) is 15.3. The quantitative estimate of drug-likeness (QED) is 0.762. The number of methoxy groups -OCH3 is 1. The summed E-state index contributed by atoms with van der Waals surface area (Å²) in [5.41, 5.74) is 1.91. The highest BCUT2D eigenvalue weighted by molar-refractivity contribution is 5.95. The predicted octanol–water partition coefficient (Wildman–Crippen LogP) is 3.59. The van der Waals surface area contributed by atoms with Gasteiger partial charge in [-0.2, -0.15) is 0 Å². The molecule has 0 saturated heterocycles. The Morgan fingerprint density at radius 1 is 1.19 bits per heavy atom. The molecule has 140 valence electrons. The number of hydrogen-bond donors (Lipinski definition) is 2. The van der Waals surface area contributed by atoms with E-state index in [1.54, 1.807) is 0 Å². The third kappa shape index (κ3) is 4.00. The van der Waals surface area contributed by atoms with Gasteiger partial charge in [-0.3, -0.25) is 0 Å².